The first-order chi connectivity index (χ1) is 13.1. The maximum atomic E-state index is 12.9. The van der Waals surface area contributed by atoms with Gasteiger partial charge in [0.05, 0.1) is 12.6 Å². The maximum Gasteiger partial charge on any atom is 0.315 e. The van der Waals surface area contributed by atoms with Crippen molar-refractivity contribution in [3.8, 4) is 5.75 Å². The van der Waals surface area contributed by atoms with Crippen LogP contribution in [0.1, 0.15) is 31.2 Å². The van der Waals surface area contributed by atoms with Crippen molar-refractivity contribution >= 4 is 17.0 Å². The highest BCUT2D eigenvalue weighted by molar-refractivity contribution is 5.84. The minimum atomic E-state index is -0.294. The summed E-state index contributed by atoms with van der Waals surface area (Å²) in [7, 11) is 0. The van der Waals surface area contributed by atoms with Crippen molar-refractivity contribution in [3.63, 3.8) is 0 Å². The molecule has 0 saturated heterocycles. The van der Waals surface area contributed by atoms with E-state index in [1.54, 1.807) is 12.1 Å². The van der Waals surface area contributed by atoms with Gasteiger partial charge in [-0.2, -0.15) is 0 Å². The number of rotatable bonds is 7. The molecule has 0 aliphatic rings. The molecular formula is C21H23FN2O3. The zero-order valence-corrected chi connectivity index (χ0v) is 15.4. The van der Waals surface area contributed by atoms with Crippen LogP contribution < -0.4 is 15.4 Å². The Balaban J connectivity index is 1.55. The molecule has 2 N–H and O–H groups in total. The first-order valence-electron chi connectivity index (χ1n) is 9.01. The van der Waals surface area contributed by atoms with E-state index in [0.29, 0.717) is 36.7 Å². The van der Waals surface area contributed by atoms with Crippen molar-refractivity contribution in [2.24, 2.45) is 0 Å². The van der Waals surface area contributed by atoms with Crippen molar-refractivity contribution < 1.29 is 18.3 Å². The lowest BCUT2D eigenvalue weighted by Gasteiger charge is -2.12. The molecule has 5 nitrogen and oxygen atoms in total. The Morgan fingerprint density at radius 3 is 2.74 bits per heavy atom. The van der Waals surface area contributed by atoms with Crippen molar-refractivity contribution in [3.05, 3.63) is 65.7 Å². The van der Waals surface area contributed by atoms with Crippen LogP contribution in [-0.4, -0.2) is 19.2 Å². The van der Waals surface area contributed by atoms with E-state index >= 15 is 0 Å². The molecule has 6 heteroatoms. The summed E-state index contributed by atoms with van der Waals surface area (Å²) in [6, 6.07) is 13.3. The van der Waals surface area contributed by atoms with Gasteiger partial charge in [-0.05, 0) is 50.1 Å². The molecule has 0 spiro atoms. The molecule has 1 heterocycles. The number of carbonyl (C=O) groups excluding carboxylic acids is 1. The zero-order valence-electron chi connectivity index (χ0n) is 15.4. The van der Waals surface area contributed by atoms with Crippen LogP contribution >= 0.6 is 0 Å². The van der Waals surface area contributed by atoms with Crippen LogP contribution in [0, 0.1) is 5.82 Å². The second kappa shape index (κ2) is 8.58. The molecule has 0 bridgehead atoms. The molecule has 1 aromatic heterocycles. The van der Waals surface area contributed by atoms with E-state index in [2.05, 4.69) is 10.6 Å². The van der Waals surface area contributed by atoms with Gasteiger partial charge in [0, 0.05) is 11.9 Å². The van der Waals surface area contributed by atoms with Gasteiger partial charge in [-0.15, -0.1) is 0 Å². The molecule has 0 unspecified atom stereocenters. The van der Waals surface area contributed by atoms with E-state index in [1.165, 1.54) is 12.1 Å². The van der Waals surface area contributed by atoms with Crippen molar-refractivity contribution in [2.75, 3.05) is 13.2 Å². The molecule has 2 aromatic carbocycles. The lowest BCUT2D eigenvalue weighted by molar-refractivity contribution is 0.236. The Kier molecular flexibility index (Phi) is 5.96. The van der Waals surface area contributed by atoms with E-state index in [0.717, 1.165) is 10.9 Å². The second-order valence-electron chi connectivity index (χ2n) is 6.25. The predicted molar refractivity (Wildman–Crippen MR) is 102 cm³/mol. The number of urea groups is 1. The molecule has 1 atom stereocenters. The van der Waals surface area contributed by atoms with Crippen LogP contribution in [0.25, 0.3) is 11.0 Å². The Morgan fingerprint density at radius 1 is 1.22 bits per heavy atom. The van der Waals surface area contributed by atoms with E-state index in [9.17, 15) is 9.18 Å². The SMILES string of the molecule is CCOc1cccc2cc([C@@H](C)NC(=O)NCCc3ccc(F)cc3)oc12. The average Bonchev–Trinajstić information content (AvgIpc) is 3.09. The minimum Gasteiger partial charge on any atom is -0.490 e. The van der Waals surface area contributed by atoms with Crippen LogP contribution in [0.15, 0.2) is 52.9 Å². The summed E-state index contributed by atoms with van der Waals surface area (Å²) in [6.45, 7) is 4.79. The summed E-state index contributed by atoms with van der Waals surface area (Å²) in [4.78, 5) is 12.1. The van der Waals surface area contributed by atoms with Crippen molar-refractivity contribution in [1.29, 1.82) is 0 Å². The first-order valence-corrected chi connectivity index (χ1v) is 9.01. The summed E-state index contributed by atoms with van der Waals surface area (Å²) >= 11 is 0. The smallest absolute Gasteiger partial charge is 0.315 e. The van der Waals surface area contributed by atoms with Gasteiger partial charge in [-0.1, -0.05) is 24.3 Å². The van der Waals surface area contributed by atoms with Gasteiger partial charge >= 0.3 is 6.03 Å². The number of para-hydroxylation sites is 1. The average molecular weight is 370 g/mol. The van der Waals surface area contributed by atoms with Gasteiger partial charge in [0.2, 0.25) is 0 Å². The molecule has 2 amide bonds. The number of hydrogen-bond acceptors (Lipinski definition) is 3. The third-order valence-electron chi connectivity index (χ3n) is 4.21. The van der Waals surface area contributed by atoms with E-state index in [1.807, 2.05) is 38.1 Å². The molecule has 0 saturated carbocycles. The van der Waals surface area contributed by atoms with Crippen LogP contribution in [0.4, 0.5) is 9.18 Å². The summed E-state index contributed by atoms with van der Waals surface area (Å²) in [5.74, 6) is 1.08. The van der Waals surface area contributed by atoms with E-state index in [-0.39, 0.29) is 17.9 Å². The van der Waals surface area contributed by atoms with Gasteiger partial charge in [0.1, 0.15) is 11.6 Å². The topological polar surface area (TPSA) is 63.5 Å². The first kappa shape index (κ1) is 18.8. The summed E-state index contributed by atoms with van der Waals surface area (Å²) in [6.07, 6.45) is 0.629. The minimum absolute atomic E-state index is 0.267. The van der Waals surface area contributed by atoms with Gasteiger partial charge < -0.3 is 19.8 Å². The predicted octanol–water partition coefficient (Wildman–Crippen LogP) is 4.57. The van der Waals surface area contributed by atoms with Gasteiger partial charge in [-0.3, -0.25) is 0 Å². The van der Waals surface area contributed by atoms with Crippen molar-refractivity contribution in [1.82, 2.24) is 10.6 Å². The number of nitrogens with one attached hydrogen (secondary N) is 2. The lowest BCUT2D eigenvalue weighted by atomic mass is 10.1. The summed E-state index contributed by atoms with van der Waals surface area (Å²) in [5, 5.41) is 6.59. The fourth-order valence-electron chi connectivity index (χ4n) is 2.83. The number of benzene rings is 2. The van der Waals surface area contributed by atoms with E-state index < -0.39 is 0 Å². The van der Waals surface area contributed by atoms with Gasteiger partial charge in [0.15, 0.2) is 11.3 Å². The quantitative estimate of drug-likeness (QED) is 0.640. The van der Waals surface area contributed by atoms with Crippen LogP contribution in [-0.2, 0) is 6.42 Å². The Hall–Kier alpha value is -3.02. The molecule has 3 aromatic rings. The van der Waals surface area contributed by atoms with Crippen LogP contribution in [0.5, 0.6) is 5.75 Å². The third-order valence-corrected chi connectivity index (χ3v) is 4.21. The number of fused-ring (bicyclic) bond motifs is 1. The van der Waals surface area contributed by atoms with Gasteiger partial charge in [0.25, 0.3) is 0 Å². The lowest BCUT2D eigenvalue weighted by Crippen LogP contribution is -2.37. The van der Waals surface area contributed by atoms with Crippen LogP contribution in [0.2, 0.25) is 0 Å². The largest absolute Gasteiger partial charge is 0.490 e. The zero-order chi connectivity index (χ0) is 19.2. The molecule has 27 heavy (non-hydrogen) atoms. The monoisotopic (exact) mass is 370 g/mol. The fraction of sp³-hybridized carbons (Fsp3) is 0.286. The summed E-state index contributed by atoms with van der Waals surface area (Å²) < 4.78 is 24.4. The molecule has 3 rings (SSSR count). The summed E-state index contributed by atoms with van der Waals surface area (Å²) in [5.41, 5.74) is 1.64. The Morgan fingerprint density at radius 2 is 2.00 bits per heavy atom. The molecule has 142 valence electrons. The standard InChI is InChI=1S/C21H23FN2O3/c1-3-26-18-6-4-5-16-13-19(27-20(16)18)14(2)24-21(25)23-12-11-15-7-9-17(22)10-8-15/h4-10,13-14H,3,11-12H2,1-2H3,(H2,23,24,25)/t14-/m1/s1. The molecule has 0 aliphatic carbocycles. The van der Waals surface area contributed by atoms with Gasteiger partial charge in [-0.25, -0.2) is 9.18 Å². The molecule has 0 fully saturated rings. The Labute approximate surface area is 157 Å². The molecule has 0 radical (unpaired) electrons. The van der Waals surface area contributed by atoms with E-state index in [4.69, 9.17) is 9.15 Å². The second-order valence-corrected chi connectivity index (χ2v) is 6.25. The van der Waals surface area contributed by atoms with Crippen molar-refractivity contribution in [2.45, 2.75) is 26.3 Å². The Bertz CT molecular complexity index is 905. The number of amides is 2. The highest BCUT2D eigenvalue weighted by atomic mass is 19.1. The number of carbonyl (C=O) groups is 1. The highest BCUT2D eigenvalue weighted by Crippen LogP contribution is 2.31. The fourth-order valence-corrected chi connectivity index (χ4v) is 2.83. The third kappa shape index (κ3) is 4.78. The maximum absolute atomic E-state index is 12.9. The number of halogens is 1. The number of hydrogen-bond donors (Lipinski definition) is 2. The normalized spacial score (nSPS) is 12.0. The number of ether oxygens (including phenoxy) is 1. The molecular weight excluding hydrogens is 347 g/mol. The van der Waals surface area contributed by atoms with Crippen LogP contribution in [0.3, 0.4) is 0 Å². The highest BCUT2D eigenvalue weighted by Gasteiger charge is 2.16. The molecule has 0 aliphatic heterocycles. The number of furan rings is 1.